The molecule has 0 aromatic heterocycles. The molecule has 0 bridgehead atoms. The normalized spacial score (nSPS) is 21.3. The van der Waals surface area contributed by atoms with Gasteiger partial charge in [0, 0.05) is 24.6 Å². The summed E-state index contributed by atoms with van der Waals surface area (Å²) in [4.78, 5) is 10.3. The lowest BCUT2D eigenvalue weighted by atomic mass is 9.89. The summed E-state index contributed by atoms with van der Waals surface area (Å²) in [6, 6.07) is 16.6. The van der Waals surface area contributed by atoms with Gasteiger partial charge < -0.3 is 10.1 Å². The Kier molecular flexibility index (Phi) is 4.34. The van der Waals surface area contributed by atoms with Gasteiger partial charge >= 0.3 is 0 Å². The van der Waals surface area contributed by atoms with E-state index in [2.05, 4.69) is 17.4 Å². The maximum absolute atomic E-state index is 10.7. The van der Waals surface area contributed by atoms with Crippen molar-refractivity contribution in [3.8, 4) is 5.75 Å². The number of hydrogen-bond donors (Lipinski definition) is 1. The summed E-state index contributed by atoms with van der Waals surface area (Å²) in [6.45, 7) is 1.79. The molecule has 2 atom stereocenters. The highest BCUT2D eigenvalue weighted by molar-refractivity contribution is 5.36. The Morgan fingerprint density at radius 2 is 1.82 bits per heavy atom. The van der Waals surface area contributed by atoms with Crippen LogP contribution in [0.5, 0.6) is 5.75 Å². The van der Waals surface area contributed by atoms with E-state index in [0.29, 0.717) is 5.75 Å². The zero-order valence-electron chi connectivity index (χ0n) is 12.1. The van der Waals surface area contributed by atoms with Gasteiger partial charge in [-0.05, 0) is 30.7 Å². The number of ether oxygens (including phenoxy) is 1. The Hall–Kier alpha value is -2.40. The van der Waals surface area contributed by atoms with Crippen molar-refractivity contribution in [1.82, 2.24) is 5.32 Å². The van der Waals surface area contributed by atoms with Crippen molar-refractivity contribution < 1.29 is 9.66 Å². The maximum Gasteiger partial charge on any atom is 0.269 e. The molecule has 1 aliphatic rings. The van der Waals surface area contributed by atoms with Crippen LogP contribution in [0.25, 0.3) is 0 Å². The van der Waals surface area contributed by atoms with Crippen LogP contribution in [0.3, 0.4) is 0 Å². The molecule has 114 valence electrons. The summed E-state index contributed by atoms with van der Waals surface area (Å²) in [7, 11) is 0. The number of nitrogens with zero attached hydrogens (tertiary/aromatic N) is 1. The Bertz CT molecular complexity index is 628. The molecule has 0 unspecified atom stereocenters. The Balaban J connectivity index is 1.75. The highest BCUT2D eigenvalue weighted by Crippen LogP contribution is 2.28. The monoisotopic (exact) mass is 298 g/mol. The van der Waals surface area contributed by atoms with Crippen LogP contribution in [0.4, 0.5) is 5.69 Å². The lowest BCUT2D eigenvalue weighted by molar-refractivity contribution is -0.384. The van der Waals surface area contributed by atoms with E-state index in [4.69, 9.17) is 4.74 Å². The largest absolute Gasteiger partial charge is 0.490 e. The molecule has 1 aliphatic heterocycles. The molecule has 1 fully saturated rings. The molecule has 0 spiro atoms. The Labute approximate surface area is 129 Å². The first-order valence-corrected chi connectivity index (χ1v) is 7.41. The second kappa shape index (κ2) is 6.58. The maximum atomic E-state index is 10.7. The van der Waals surface area contributed by atoms with E-state index in [9.17, 15) is 10.1 Å². The molecule has 1 saturated heterocycles. The lowest BCUT2D eigenvalue weighted by Gasteiger charge is -2.32. The molecule has 22 heavy (non-hydrogen) atoms. The molecule has 2 aromatic carbocycles. The zero-order chi connectivity index (χ0) is 15.4. The minimum Gasteiger partial charge on any atom is -0.490 e. The summed E-state index contributed by atoms with van der Waals surface area (Å²) in [5.41, 5.74) is 1.33. The fourth-order valence-electron chi connectivity index (χ4n) is 2.83. The van der Waals surface area contributed by atoms with Crippen LogP contribution >= 0.6 is 0 Å². The van der Waals surface area contributed by atoms with E-state index in [1.165, 1.54) is 17.7 Å². The molecule has 0 radical (unpaired) electrons. The van der Waals surface area contributed by atoms with Gasteiger partial charge in [-0.3, -0.25) is 10.1 Å². The predicted molar refractivity (Wildman–Crippen MR) is 84.2 cm³/mol. The number of nitro benzene ring substituents is 1. The zero-order valence-corrected chi connectivity index (χ0v) is 12.1. The van der Waals surface area contributed by atoms with Crippen molar-refractivity contribution in [2.24, 2.45) is 0 Å². The summed E-state index contributed by atoms with van der Waals surface area (Å²) in [6.07, 6.45) is 0.987. The van der Waals surface area contributed by atoms with Crippen molar-refractivity contribution in [3.63, 3.8) is 0 Å². The Morgan fingerprint density at radius 3 is 2.50 bits per heavy atom. The van der Waals surface area contributed by atoms with E-state index in [1.807, 2.05) is 18.2 Å². The fourth-order valence-corrected chi connectivity index (χ4v) is 2.83. The average Bonchev–Trinajstić information content (AvgIpc) is 2.57. The number of piperidine rings is 1. The summed E-state index contributed by atoms with van der Waals surface area (Å²) >= 11 is 0. The SMILES string of the molecule is O=[N+]([O-])c1ccc(O[C@@H]2CCNC[C@H]2c2ccccc2)cc1. The summed E-state index contributed by atoms with van der Waals surface area (Å²) in [5, 5.41) is 14.1. The van der Waals surface area contributed by atoms with Gasteiger partial charge in [0.2, 0.25) is 0 Å². The van der Waals surface area contributed by atoms with E-state index in [1.54, 1.807) is 12.1 Å². The third-order valence-corrected chi connectivity index (χ3v) is 3.98. The Morgan fingerprint density at radius 1 is 1.09 bits per heavy atom. The molecule has 5 nitrogen and oxygen atoms in total. The average molecular weight is 298 g/mol. The molecule has 3 rings (SSSR count). The van der Waals surface area contributed by atoms with Crippen LogP contribution in [-0.2, 0) is 0 Å². The number of hydrogen-bond acceptors (Lipinski definition) is 4. The highest BCUT2D eigenvalue weighted by atomic mass is 16.6. The van der Waals surface area contributed by atoms with Gasteiger partial charge in [0.05, 0.1) is 4.92 Å². The minimum absolute atomic E-state index is 0.0742. The molecule has 5 heteroatoms. The van der Waals surface area contributed by atoms with Gasteiger partial charge in [0.25, 0.3) is 5.69 Å². The van der Waals surface area contributed by atoms with Gasteiger partial charge in [-0.1, -0.05) is 30.3 Å². The van der Waals surface area contributed by atoms with E-state index < -0.39 is 4.92 Å². The van der Waals surface area contributed by atoms with Gasteiger partial charge in [0.1, 0.15) is 11.9 Å². The molecule has 0 aliphatic carbocycles. The number of benzene rings is 2. The highest BCUT2D eigenvalue weighted by Gasteiger charge is 2.28. The number of nitrogens with one attached hydrogen (secondary N) is 1. The summed E-state index contributed by atoms with van der Waals surface area (Å²) in [5.74, 6) is 0.962. The lowest BCUT2D eigenvalue weighted by Crippen LogP contribution is -2.41. The van der Waals surface area contributed by atoms with Crippen molar-refractivity contribution in [2.75, 3.05) is 13.1 Å². The van der Waals surface area contributed by atoms with E-state index in [0.717, 1.165) is 19.5 Å². The van der Waals surface area contributed by atoms with Crippen LogP contribution < -0.4 is 10.1 Å². The minimum atomic E-state index is -0.402. The second-order valence-electron chi connectivity index (χ2n) is 5.42. The van der Waals surface area contributed by atoms with Gasteiger partial charge in [-0.15, -0.1) is 0 Å². The molecule has 0 saturated carbocycles. The van der Waals surface area contributed by atoms with Crippen LogP contribution in [0, 0.1) is 10.1 Å². The first-order chi connectivity index (χ1) is 10.7. The standard InChI is InChI=1S/C17H18N2O3/c20-19(21)14-6-8-15(9-7-14)22-17-10-11-18-12-16(17)13-4-2-1-3-5-13/h1-9,16-18H,10-12H2/t16-,17+/m0/s1. The number of non-ortho nitro benzene ring substituents is 1. The van der Waals surface area contributed by atoms with E-state index in [-0.39, 0.29) is 17.7 Å². The predicted octanol–water partition coefficient (Wildman–Crippen LogP) is 3.12. The number of nitro groups is 1. The quantitative estimate of drug-likeness (QED) is 0.696. The summed E-state index contributed by atoms with van der Waals surface area (Å²) < 4.78 is 6.09. The van der Waals surface area contributed by atoms with Crippen molar-refractivity contribution in [3.05, 3.63) is 70.3 Å². The first kappa shape index (κ1) is 14.5. The smallest absolute Gasteiger partial charge is 0.269 e. The third-order valence-electron chi connectivity index (χ3n) is 3.98. The van der Waals surface area contributed by atoms with Crippen molar-refractivity contribution >= 4 is 5.69 Å². The van der Waals surface area contributed by atoms with Crippen LogP contribution in [0.1, 0.15) is 17.9 Å². The second-order valence-corrected chi connectivity index (χ2v) is 5.42. The topological polar surface area (TPSA) is 64.4 Å². The fraction of sp³-hybridized carbons (Fsp3) is 0.294. The molecule has 0 amide bonds. The van der Waals surface area contributed by atoms with Gasteiger partial charge in [-0.2, -0.15) is 0 Å². The van der Waals surface area contributed by atoms with Crippen LogP contribution in [0.2, 0.25) is 0 Å². The first-order valence-electron chi connectivity index (χ1n) is 7.41. The molecule has 2 aromatic rings. The van der Waals surface area contributed by atoms with Gasteiger partial charge in [-0.25, -0.2) is 0 Å². The molecule has 1 N–H and O–H groups in total. The van der Waals surface area contributed by atoms with Crippen LogP contribution in [-0.4, -0.2) is 24.1 Å². The third kappa shape index (κ3) is 3.26. The molecular formula is C17H18N2O3. The van der Waals surface area contributed by atoms with Crippen molar-refractivity contribution in [1.29, 1.82) is 0 Å². The molecular weight excluding hydrogens is 280 g/mol. The molecule has 1 heterocycles. The number of rotatable bonds is 4. The van der Waals surface area contributed by atoms with Gasteiger partial charge in [0.15, 0.2) is 0 Å². The van der Waals surface area contributed by atoms with Crippen LogP contribution in [0.15, 0.2) is 54.6 Å². The van der Waals surface area contributed by atoms with E-state index >= 15 is 0 Å². The van der Waals surface area contributed by atoms with Crippen molar-refractivity contribution in [2.45, 2.75) is 18.4 Å².